The van der Waals surface area contributed by atoms with Crippen molar-refractivity contribution in [2.24, 2.45) is 0 Å². The molecule has 0 radical (unpaired) electrons. The predicted molar refractivity (Wildman–Crippen MR) is 291 cm³/mol. The first-order valence-corrected chi connectivity index (χ1v) is 24.8. The highest BCUT2D eigenvalue weighted by molar-refractivity contribution is 7.22. The molecular weight excluding hydrogens is 796 g/mol. The van der Waals surface area contributed by atoms with Crippen LogP contribution in [0.4, 0.5) is 0 Å². The molecule has 2 aliphatic carbocycles. The number of hydrogen-bond donors (Lipinski definition) is 0. The Morgan fingerprint density at radius 3 is 0.561 bits per heavy atom. The summed E-state index contributed by atoms with van der Waals surface area (Å²) >= 11 is 0. The van der Waals surface area contributed by atoms with E-state index in [1.54, 1.807) is 0 Å². The fraction of sp³-hybridized carbons (Fsp3) is 0.310. The normalized spacial score (nSPS) is 18.8. The highest BCUT2D eigenvalue weighted by atomic mass is 15.1. The van der Waals surface area contributed by atoms with Crippen LogP contribution in [-0.2, 0) is 0 Å². The summed E-state index contributed by atoms with van der Waals surface area (Å²) in [7, 11) is 18.0. The number of unbranched alkanes of at least 4 members (excludes halogenated alkanes) is 3. The van der Waals surface area contributed by atoms with E-state index in [-0.39, 0.29) is 0 Å². The Balaban J connectivity index is 0.000000138. The molecule has 4 bridgehead atoms. The second-order valence-corrected chi connectivity index (χ2v) is 20.7. The van der Waals surface area contributed by atoms with Crippen LogP contribution in [0.25, 0.3) is 43.1 Å². The Morgan fingerprint density at radius 2 is 0.439 bits per heavy atom. The average Bonchev–Trinajstić information content (AvgIpc) is 3.32. The first kappa shape index (κ1) is 44.7. The van der Waals surface area contributed by atoms with Crippen LogP contribution in [0.1, 0.15) is 107 Å². The van der Waals surface area contributed by atoms with Crippen molar-refractivity contribution >= 4 is 70.0 Å². The molecule has 0 unspecified atom stereocenters. The molecule has 8 heteroatoms. The Hall–Kier alpha value is -5.10. The Labute approximate surface area is 396 Å². The van der Waals surface area contributed by atoms with Crippen LogP contribution < -0.4 is 0 Å². The summed E-state index contributed by atoms with van der Waals surface area (Å²) in [6.07, 6.45) is 5.54. The van der Waals surface area contributed by atoms with Gasteiger partial charge in [0.1, 0.15) is 0 Å². The Kier molecular flexibility index (Phi) is 12.3. The van der Waals surface area contributed by atoms with Gasteiger partial charge >= 0.3 is 0 Å². The zero-order chi connectivity index (χ0) is 46.0. The molecule has 8 aromatic carbocycles. The van der Waals surface area contributed by atoms with Crippen molar-refractivity contribution in [3.8, 4) is 0 Å². The van der Waals surface area contributed by atoms with Gasteiger partial charge < -0.3 is 19.2 Å². The molecule has 8 aromatic rings. The highest BCUT2D eigenvalue weighted by Crippen LogP contribution is 2.55. The van der Waals surface area contributed by atoms with Gasteiger partial charge in [-0.2, -0.15) is 0 Å². The van der Waals surface area contributed by atoms with Gasteiger partial charge in [-0.15, -0.1) is 0 Å². The molecule has 14 rings (SSSR count). The Bertz CT molecular complexity index is 2490. The molecule has 0 saturated carbocycles. The van der Waals surface area contributed by atoms with Crippen LogP contribution in [0, 0.1) is 0 Å². The Morgan fingerprint density at radius 1 is 0.288 bits per heavy atom. The lowest BCUT2D eigenvalue weighted by molar-refractivity contribution is 0.589. The summed E-state index contributed by atoms with van der Waals surface area (Å²) < 4.78 is 0. The van der Waals surface area contributed by atoms with E-state index in [2.05, 4.69) is 235 Å². The van der Waals surface area contributed by atoms with Gasteiger partial charge in [0.25, 0.3) is 0 Å². The third-order valence-corrected chi connectivity index (χ3v) is 15.9. The molecule has 330 valence electrons. The largest absolute Gasteiger partial charge is 0.351 e. The molecule has 0 fully saturated rings. The van der Waals surface area contributed by atoms with Gasteiger partial charge in [-0.1, -0.05) is 185 Å². The van der Waals surface area contributed by atoms with Crippen molar-refractivity contribution in [1.82, 2.24) is 19.2 Å². The second kappa shape index (κ2) is 18.2. The SMILES string of the molecule is CCCCCC.CN(C)B1B(N(C)C)C2c3cc4ccccc4cc3C1c1cc3ccccc3cc12.CN(C)B1B(N(C)C)C2c3cc4ccccc4cc3C1c1cc3ccccc3cc12. The average molecular weight is 862 g/mol. The topological polar surface area (TPSA) is 13.0 Å². The minimum atomic E-state index is 0.386. The third-order valence-electron chi connectivity index (χ3n) is 15.9. The van der Waals surface area contributed by atoms with Crippen LogP contribution in [0.2, 0.25) is 0 Å². The van der Waals surface area contributed by atoms with Gasteiger partial charge in [0.2, 0.25) is 27.0 Å². The molecule has 4 aliphatic heterocycles. The molecule has 0 aromatic heterocycles. The molecule has 66 heavy (non-hydrogen) atoms. The van der Waals surface area contributed by atoms with E-state index in [4.69, 9.17) is 0 Å². The third kappa shape index (κ3) is 7.53. The van der Waals surface area contributed by atoms with Crippen molar-refractivity contribution in [2.45, 2.75) is 62.8 Å². The van der Waals surface area contributed by atoms with Crippen molar-refractivity contribution in [2.75, 3.05) is 56.4 Å². The van der Waals surface area contributed by atoms with E-state index in [0.717, 1.165) is 0 Å². The monoisotopic (exact) mass is 863 g/mol. The number of nitrogens with zero attached hydrogens (tertiary/aromatic N) is 4. The van der Waals surface area contributed by atoms with Crippen molar-refractivity contribution in [3.63, 3.8) is 0 Å². The maximum Gasteiger partial charge on any atom is 0.221 e. The van der Waals surface area contributed by atoms with Crippen LogP contribution in [0.3, 0.4) is 0 Å². The van der Waals surface area contributed by atoms with Crippen molar-refractivity contribution in [1.29, 1.82) is 0 Å². The van der Waals surface area contributed by atoms with Crippen LogP contribution >= 0.6 is 0 Å². The van der Waals surface area contributed by atoms with Gasteiger partial charge in [-0.05, 0) is 167 Å². The first-order valence-electron chi connectivity index (χ1n) is 24.8. The fourth-order valence-electron chi connectivity index (χ4n) is 13.1. The number of benzene rings is 8. The van der Waals surface area contributed by atoms with Gasteiger partial charge in [-0.25, -0.2) is 0 Å². The van der Waals surface area contributed by atoms with Gasteiger partial charge in [0.05, 0.1) is 0 Å². The summed E-state index contributed by atoms with van der Waals surface area (Å²) in [5.74, 6) is 1.54. The van der Waals surface area contributed by atoms with E-state index < -0.39 is 0 Å². The number of rotatable bonds is 7. The number of fused-ring (bicyclic) bond motifs is 6. The van der Waals surface area contributed by atoms with E-state index in [1.807, 2.05) is 0 Å². The molecule has 0 spiro atoms. The molecular formula is C58H66B4N4. The highest BCUT2D eigenvalue weighted by Gasteiger charge is 2.57. The van der Waals surface area contributed by atoms with Crippen molar-refractivity contribution in [3.05, 3.63) is 190 Å². The van der Waals surface area contributed by atoms with E-state index >= 15 is 0 Å². The van der Waals surface area contributed by atoms with Gasteiger partial charge in [0, 0.05) is 0 Å². The lowest BCUT2D eigenvalue weighted by atomic mass is 9.05. The van der Waals surface area contributed by atoms with Crippen LogP contribution in [0.5, 0.6) is 0 Å². The lowest BCUT2D eigenvalue weighted by Crippen LogP contribution is -2.66. The number of hydrogen-bond acceptors (Lipinski definition) is 4. The smallest absolute Gasteiger partial charge is 0.221 e. The molecule has 0 saturated heterocycles. The summed E-state index contributed by atoms with van der Waals surface area (Å²) in [6.45, 7) is 6.27. The summed E-state index contributed by atoms with van der Waals surface area (Å²) in [5.41, 5.74) is 12.2. The minimum absolute atomic E-state index is 0.386. The first-order chi connectivity index (χ1) is 32.0. The van der Waals surface area contributed by atoms with Crippen LogP contribution in [0.15, 0.2) is 146 Å². The predicted octanol–water partition coefficient (Wildman–Crippen LogP) is 12.3. The molecule has 6 aliphatic rings. The maximum absolute atomic E-state index is 2.48. The molecule has 0 N–H and O–H groups in total. The summed E-state index contributed by atoms with van der Waals surface area (Å²) in [5, 5.41) is 10.8. The maximum atomic E-state index is 2.48. The van der Waals surface area contributed by atoms with Crippen LogP contribution in [-0.4, -0.2) is 103 Å². The van der Waals surface area contributed by atoms with Crippen molar-refractivity contribution < 1.29 is 0 Å². The summed E-state index contributed by atoms with van der Waals surface area (Å²) in [6, 6.07) is 55.1. The van der Waals surface area contributed by atoms with E-state index in [9.17, 15) is 0 Å². The second-order valence-electron chi connectivity index (χ2n) is 20.7. The minimum Gasteiger partial charge on any atom is -0.351 e. The molecule has 0 amide bonds. The zero-order valence-electron chi connectivity index (χ0n) is 41.1. The quantitative estimate of drug-likeness (QED) is 0.117. The zero-order valence-corrected chi connectivity index (χ0v) is 41.1. The summed E-state index contributed by atoms with van der Waals surface area (Å²) in [4.78, 5) is 9.83. The molecule has 0 atom stereocenters. The fourth-order valence-corrected chi connectivity index (χ4v) is 13.1. The van der Waals surface area contributed by atoms with E-state index in [1.165, 1.54) is 113 Å². The standard InChI is InChI=1S/2C26H26B2N2.C6H14/c2*1-29(2)27-25-21-13-17-9-5-7-11-19(17)15-23(21)26(28(27)30(3)4)24-16-20-12-8-6-10-18(20)14-22(24)25;1-3-5-6-4-2/h2*5-16,25-26H,1-4H3;3-6H2,1-2H3. The molecule has 4 nitrogen and oxygen atoms in total. The molecule has 4 heterocycles. The van der Waals surface area contributed by atoms with Gasteiger partial charge in [0.15, 0.2) is 0 Å². The lowest BCUT2D eigenvalue weighted by Gasteiger charge is -2.51. The van der Waals surface area contributed by atoms with E-state index in [0.29, 0.717) is 50.2 Å². The van der Waals surface area contributed by atoms with Gasteiger partial charge in [-0.3, -0.25) is 0 Å².